The Kier molecular flexibility index (Phi) is 5.55. The molecule has 0 unspecified atom stereocenters. The Morgan fingerprint density at radius 2 is 2.11 bits per heavy atom. The van der Waals surface area contributed by atoms with Gasteiger partial charge in [0.05, 0.1) is 6.61 Å². The van der Waals surface area contributed by atoms with Gasteiger partial charge in [-0.2, -0.15) is 0 Å². The van der Waals surface area contributed by atoms with E-state index in [-0.39, 0.29) is 11.8 Å². The molecule has 0 bridgehead atoms. The Balaban J connectivity index is 1.32. The molecule has 1 saturated carbocycles. The van der Waals surface area contributed by atoms with E-state index in [2.05, 4.69) is 10.3 Å². The van der Waals surface area contributed by atoms with Crippen LogP contribution in [-0.2, 0) is 17.9 Å². The average Bonchev–Trinajstić information content (AvgIpc) is 3.47. The van der Waals surface area contributed by atoms with Crippen molar-refractivity contribution in [2.24, 2.45) is 5.92 Å². The van der Waals surface area contributed by atoms with Gasteiger partial charge < -0.3 is 15.0 Å². The lowest BCUT2D eigenvalue weighted by atomic mass is 10.1. The van der Waals surface area contributed by atoms with E-state index in [1.54, 1.807) is 12.3 Å². The lowest BCUT2D eigenvalue weighted by Gasteiger charge is -2.16. The maximum Gasteiger partial charge on any atom is 0.251 e. The summed E-state index contributed by atoms with van der Waals surface area (Å²) < 4.78 is 5.69. The van der Waals surface area contributed by atoms with Crippen LogP contribution in [0.4, 0.5) is 0 Å². The minimum atomic E-state index is -0.133. The third kappa shape index (κ3) is 4.88. The largest absolute Gasteiger partial charge is 0.477 e. The van der Waals surface area contributed by atoms with Crippen LogP contribution in [0.5, 0.6) is 5.88 Å². The molecular weight excluding hydrogens is 354 g/mol. The molecule has 4 rings (SSSR count). The lowest BCUT2D eigenvalue weighted by Crippen LogP contribution is -2.25. The van der Waals surface area contributed by atoms with Gasteiger partial charge in [0, 0.05) is 43.9 Å². The Morgan fingerprint density at radius 3 is 2.89 bits per heavy atom. The Bertz CT molecular complexity index is 864. The minimum absolute atomic E-state index is 0.133. The van der Waals surface area contributed by atoms with Crippen LogP contribution in [-0.4, -0.2) is 34.8 Å². The van der Waals surface area contributed by atoms with Gasteiger partial charge in [-0.3, -0.25) is 9.59 Å². The van der Waals surface area contributed by atoms with Crippen LogP contribution in [0.3, 0.4) is 0 Å². The van der Waals surface area contributed by atoms with Gasteiger partial charge in [-0.25, -0.2) is 4.98 Å². The summed E-state index contributed by atoms with van der Waals surface area (Å²) in [5.41, 5.74) is 2.53. The molecule has 0 radical (unpaired) electrons. The highest BCUT2D eigenvalue weighted by Crippen LogP contribution is 2.29. The fourth-order valence-electron chi connectivity index (χ4n) is 3.31. The molecule has 2 heterocycles. The number of carbonyl (C=O) groups is 2. The van der Waals surface area contributed by atoms with E-state index in [0.717, 1.165) is 30.7 Å². The summed E-state index contributed by atoms with van der Waals surface area (Å²) in [6.07, 6.45) is 5.72. The maximum absolute atomic E-state index is 12.5. The number of benzene rings is 1. The fraction of sp³-hybridized carbons (Fsp3) is 0.409. The molecule has 2 aromatic rings. The van der Waals surface area contributed by atoms with Crippen LogP contribution in [0.2, 0.25) is 0 Å². The number of hydrogen-bond acceptors (Lipinski definition) is 4. The molecule has 1 aliphatic heterocycles. The van der Waals surface area contributed by atoms with Gasteiger partial charge >= 0.3 is 0 Å². The molecule has 28 heavy (non-hydrogen) atoms. The van der Waals surface area contributed by atoms with E-state index >= 15 is 0 Å². The molecule has 1 aliphatic carbocycles. The van der Waals surface area contributed by atoms with Crippen LogP contribution in [0.15, 0.2) is 42.6 Å². The Labute approximate surface area is 164 Å². The summed E-state index contributed by atoms with van der Waals surface area (Å²) in [6.45, 7) is 2.49. The highest BCUT2D eigenvalue weighted by atomic mass is 16.5. The highest BCUT2D eigenvalue weighted by molar-refractivity contribution is 5.94. The highest BCUT2D eigenvalue weighted by Gasteiger charge is 2.22. The minimum Gasteiger partial charge on any atom is -0.477 e. The number of likely N-dealkylation sites (tertiary alicyclic amines) is 1. The first-order valence-corrected chi connectivity index (χ1v) is 9.90. The first-order chi connectivity index (χ1) is 13.7. The van der Waals surface area contributed by atoms with Crippen molar-refractivity contribution in [3.8, 4) is 5.88 Å². The number of carbonyl (C=O) groups excluding carboxylic acids is 2. The lowest BCUT2D eigenvalue weighted by molar-refractivity contribution is -0.128. The van der Waals surface area contributed by atoms with Crippen molar-refractivity contribution in [3.63, 3.8) is 0 Å². The number of aromatic nitrogens is 1. The van der Waals surface area contributed by atoms with E-state index in [1.807, 2.05) is 35.2 Å². The van der Waals surface area contributed by atoms with E-state index in [0.29, 0.717) is 36.9 Å². The quantitative estimate of drug-likeness (QED) is 0.766. The number of nitrogens with one attached hydrogen (secondary N) is 1. The van der Waals surface area contributed by atoms with Crippen LogP contribution < -0.4 is 10.1 Å². The topological polar surface area (TPSA) is 71.5 Å². The number of ether oxygens (including phenoxy) is 1. The Hall–Kier alpha value is -2.89. The average molecular weight is 379 g/mol. The molecule has 2 aliphatic rings. The van der Waals surface area contributed by atoms with Crippen LogP contribution in [0.25, 0.3) is 0 Å². The van der Waals surface area contributed by atoms with Gasteiger partial charge in [-0.05, 0) is 54.5 Å². The molecule has 146 valence electrons. The van der Waals surface area contributed by atoms with Gasteiger partial charge in [0.1, 0.15) is 0 Å². The van der Waals surface area contributed by atoms with Gasteiger partial charge in [0.15, 0.2) is 0 Å². The van der Waals surface area contributed by atoms with E-state index in [9.17, 15) is 9.59 Å². The summed E-state index contributed by atoms with van der Waals surface area (Å²) in [7, 11) is 0. The molecule has 1 aromatic carbocycles. The molecule has 1 N–H and O–H groups in total. The first kappa shape index (κ1) is 18.5. The predicted octanol–water partition coefficient (Wildman–Crippen LogP) is 2.92. The maximum atomic E-state index is 12.5. The van der Waals surface area contributed by atoms with Crippen molar-refractivity contribution in [2.45, 2.75) is 38.8 Å². The second kappa shape index (κ2) is 8.42. The summed E-state index contributed by atoms with van der Waals surface area (Å²) in [6, 6.07) is 11.2. The molecule has 2 amide bonds. The molecule has 2 fully saturated rings. The van der Waals surface area contributed by atoms with Gasteiger partial charge in [0.25, 0.3) is 5.91 Å². The summed E-state index contributed by atoms with van der Waals surface area (Å²) >= 11 is 0. The summed E-state index contributed by atoms with van der Waals surface area (Å²) in [5.74, 6) is 1.34. The monoisotopic (exact) mass is 379 g/mol. The number of amides is 2. The van der Waals surface area contributed by atoms with E-state index in [4.69, 9.17) is 4.74 Å². The molecule has 0 spiro atoms. The normalized spacial score (nSPS) is 16.3. The molecule has 6 heteroatoms. The summed E-state index contributed by atoms with van der Waals surface area (Å²) in [5, 5.41) is 2.95. The molecular formula is C22H25N3O3. The first-order valence-electron chi connectivity index (χ1n) is 9.90. The van der Waals surface area contributed by atoms with Crippen molar-refractivity contribution in [1.29, 1.82) is 0 Å². The van der Waals surface area contributed by atoms with Crippen LogP contribution in [0, 0.1) is 5.92 Å². The van der Waals surface area contributed by atoms with Gasteiger partial charge in [-0.1, -0.05) is 12.1 Å². The van der Waals surface area contributed by atoms with Gasteiger partial charge in [-0.15, -0.1) is 0 Å². The van der Waals surface area contributed by atoms with E-state index in [1.165, 1.54) is 12.8 Å². The van der Waals surface area contributed by atoms with Crippen molar-refractivity contribution in [1.82, 2.24) is 15.2 Å². The van der Waals surface area contributed by atoms with Gasteiger partial charge in [0.2, 0.25) is 11.8 Å². The predicted molar refractivity (Wildman–Crippen MR) is 105 cm³/mol. The number of nitrogens with zero attached hydrogens (tertiary/aromatic N) is 2. The SMILES string of the molecule is O=C(NCc1ccnc(OCC2CC2)c1)c1cccc(CN2CCCC2=O)c1. The smallest absolute Gasteiger partial charge is 0.251 e. The standard InChI is InChI=1S/C22H25N3O3/c26-21-5-2-10-25(21)14-18-3-1-4-19(11-18)22(27)24-13-17-8-9-23-20(12-17)28-15-16-6-7-16/h1,3-4,8-9,11-12,16H,2,5-7,10,13-15H2,(H,24,27). The molecule has 6 nitrogen and oxygen atoms in total. The zero-order valence-electron chi connectivity index (χ0n) is 15.9. The number of hydrogen-bond donors (Lipinski definition) is 1. The number of rotatable bonds is 8. The Morgan fingerprint density at radius 1 is 1.21 bits per heavy atom. The zero-order valence-corrected chi connectivity index (χ0v) is 15.9. The summed E-state index contributed by atoms with van der Waals surface area (Å²) in [4.78, 5) is 30.4. The second-order valence-corrected chi connectivity index (χ2v) is 7.56. The third-order valence-corrected chi connectivity index (χ3v) is 5.15. The molecule has 0 atom stereocenters. The van der Waals surface area contributed by atoms with Crippen molar-refractivity contribution < 1.29 is 14.3 Å². The third-order valence-electron chi connectivity index (χ3n) is 5.15. The van der Waals surface area contributed by atoms with Crippen molar-refractivity contribution in [3.05, 3.63) is 59.3 Å². The zero-order chi connectivity index (χ0) is 19.3. The number of pyridine rings is 1. The van der Waals surface area contributed by atoms with Crippen LogP contribution >= 0.6 is 0 Å². The van der Waals surface area contributed by atoms with Crippen molar-refractivity contribution in [2.75, 3.05) is 13.2 Å². The molecule has 1 saturated heterocycles. The second-order valence-electron chi connectivity index (χ2n) is 7.56. The van der Waals surface area contributed by atoms with Crippen LogP contribution in [0.1, 0.15) is 47.2 Å². The molecule has 1 aromatic heterocycles. The van der Waals surface area contributed by atoms with Crippen molar-refractivity contribution >= 4 is 11.8 Å². The van der Waals surface area contributed by atoms with E-state index < -0.39 is 0 Å². The fourth-order valence-corrected chi connectivity index (χ4v) is 3.31.